The third-order valence-electron chi connectivity index (χ3n) is 4.36. The van der Waals surface area contributed by atoms with E-state index in [1.54, 1.807) is 41.5 Å². The van der Waals surface area contributed by atoms with Crippen LogP contribution in [-0.2, 0) is 4.79 Å². The number of urea groups is 1. The molecule has 0 saturated heterocycles. The van der Waals surface area contributed by atoms with E-state index < -0.39 is 0 Å². The average Bonchev–Trinajstić information content (AvgIpc) is 2.95. The van der Waals surface area contributed by atoms with Crippen molar-refractivity contribution >= 4 is 34.6 Å². The van der Waals surface area contributed by atoms with Crippen LogP contribution in [-0.4, -0.2) is 30.6 Å². The lowest BCUT2D eigenvalue weighted by Gasteiger charge is -2.26. The topological polar surface area (TPSA) is 83.6 Å². The maximum atomic E-state index is 12.4. The van der Waals surface area contributed by atoms with E-state index in [9.17, 15) is 9.59 Å². The van der Waals surface area contributed by atoms with Crippen LogP contribution in [0.4, 0.5) is 16.2 Å². The molecule has 0 unspecified atom stereocenters. The first kappa shape index (κ1) is 18.2. The van der Waals surface area contributed by atoms with Crippen molar-refractivity contribution in [1.82, 2.24) is 10.3 Å². The van der Waals surface area contributed by atoms with Crippen LogP contribution in [0.15, 0.2) is 18.2 Å². The van der Waals surface area contributed by atoms with E-state index in [2.05, 4.69) is 15.6 Å². The van der Waals surface area contributed by atoms with Crippen molar-refractivity contribution in [2.45, 2.75) is 33.2 Å². The highest BCUT2D eigenvalue weighted by Crippen LogP contribution is 2.33. The van der Waals surface area contributed by atoms with Crippen molar-refractivity contribution in [2.75, 3.05) is 23.9 Å². The Bertz CT molecular complexity index is 829. The Hall–Kier alpha value is -2.61. The van der Waals surface area contributed by atoms with Crippen LogP contribution in [0.5, 0.6) is 5.75 Å². The zero-order valence-electron chi connectivity index (χ0n) is 15.3. The van der Waals surface area contributed by atoms with Crippen LogP contribution in [0.25, 0.3) is 0 Å². The molecule has 8 heteroatoms. The number of thiazole rings is 1. The average molecular weight is 374 g/mol. The molecule has 26 heavy (non-hydrogen) atoms. The number of rotatable bonds is 4. The third kappa shape index (κ3) is 3.65. The molecule has 0 saturated carbocycles. The molecule has 1 aliphatic rings. The maximum absolute atomic E-state index is 12.4. The minimum Gasteiger partial charge on any atom is -0.481 e. The number of fused-ring (bicyclic) bond motifs is 1. The number of nitrogens with one attached hydrogen (secondary N) is 2. The molecule has 0 bridgehead atoms. The van der Waals surface area contributed by atoms with Gasteiger partial charge in [0.05, 0.1) is 17.4 Å². The Balaban J connectivity index is 1.69. The predicted octanol–water partition coefficient (Wildman–Crippen LogP) is 3.39. The van der Waals surface area contributed by atoms with Crippen LogP contribution in [0.1, 0.15) is 35.0 Å². The molecule has 1 atom stereocenters. The third-order valence-corrected chi connectivity index (χ3v) is 5.55. The highest BCUT2D eigenvalue weighted by Gasteiger charge is 2.23. The molecule has 2 aromatic rings. The SMILES string of the molecule is CC[C@H](NC(=O)Nc1ccc2c(c1)OCC(=O)N2C)c1nc(C)c(C)s1. The Morgan fingerprint density at radius 1 is 1.42 bits per heavy atom. The lowest BCUT2D eigenvalue weighted by atomic mass is 10.2. The summed E-state index contributed by atoms with van der Waals surface area (Å²) in [5, 5.41) is 6.69. The summed E-state index contributed by atoms with van der Waals surface area (Å²) in [7, 11) is 1.70. The van der Waals surface area contributed by atoms with Gasteiger partial charge in [-0.05, 0) is 32.4 Å². The van der Waals surface area contributed by atoms with E-state index in [0.717, 1.165) is 22.0 Å². The molecular weight excluding hydrogens is 352 g/mol. The quantitative estimate of drug-likeness (QED) is 0.859. The first-order valence-corrected chi connectivity index (χ1v) is 9.25. The fourth-order valence-electron chi connectivity index (χ4n) is 2.67. The number of anilines is 2. The predicted molar refractivity (Wildman–Crippen MR) is 102 cm³/mol. The van der Waals surface area contributed by atoms with Crippen LogP contribution in [0.3, 0.4) is 0 Å². The number of carbonyl (C=O) groups is 2. The van der Waals surface area contributed by atoms with Gasteiger partial charge in [-0.15, -0.1) is 11.3 Å². The molecule has 1 aliphatic heterocycles. The monoisotopic (exact) mass is 374 g/mol. The lowest BCUT2D eigenvalue weighted by Crippen LogP contribution is -2.35. The van der Waals surface area contributed by atoms with Gasteiger partial charge in [-0.25, -0.2) is 9.78 Å². The molecule has 1 aromatic heterocycles. The van der Waals surface area contributed by atoms with Crippen LogP contribution in [0, 0.1) is 13.8 Å². The molecule has 0 fully saturated rings. The molecule has 2 heterocycles. The number of aromatic nitrogens is 1. The zero-order chi connectivity index (χ0) is 18.8. The van der Waals surface area contributed by atoms with E-state index in [1.165, 1.54) is 0 Å². The van der Waals surface area contributed by atoms with Crippen molar-refractivity contribution in [2.24, 2.45) is 0 Å². The first-order chi connectivity index (χ1) is 12.4. The van der Waals surface area contributed by atoms with Crippen LogP contribution >= 0.6 is 11.3 Å². The van der Waals surface area contributed by atoms with Gasteiger partial charge in [0.2, 0.25) is 0 Å². The van der Waals surface area contributed by atoms with Crippen molar-refractivity contribution in [3.05, 3.63) is 33.8 Å². The Morgan fingerprint density at radius 2 is 2.19 bits per heavy atom. The van der Waals surface area contributed by atoms with Gasteiger partial charge in [-0.3, -0.25) is 4.79 Å². The van der Waals surface area contributed by atoms with Gasteiger partial charge in [-0.2, -0.15) is 0 Å². The van der Waals surface area contributed by atoms with Crippen molar-refractivity contribution in [3.8, 4) is 5.75 Å². The second-order valence-electron chi connectivity index (χ2n) is 6.18. The number of nitrogens with zero attached hydrogens (tertiary/aromatic N) is 2. The van der Waals surface area contributed by atoms with E-state index in [1.807, 2.05) is 20.8 Å². The standard InChI is InChI=1S/C18H22N4O3S/c1-5-13(17-19-10(2)11(3)26-17)21-18(24)20-12-6-7-14-15(8-12)25-9-16(23)22(14)4/h6-8,13H,5,9H2,1-4H3,(H2,20,21,24)/t13-/m0/s1. The molecule has 3 amide bonds. The number of carbonyl (C=O) groups excluding carboxylic acids is 2. The van der Waals surface area contributed by atoms with Gasteiger partial charge in [0.1, 0.15) is 10.8 Å². The molecule has 3 rings (SSSR count). The number of ether oxygens (including phenoxy) is 1. The molecule has 138 valence electrons. The fourth-order valence-corrected chi connectivity index (χ4v) is 3.72. The molecule has 7 nitrogen and oxygen atoms in total. The van der Waals surface area contributed by atoms with Gasteiger partial charge in [-0.1, -0.05) is 6.92 Å². The summed E-state index contributed by atoms with van der Waals surface area (Å²) >= 11 is 1.60. The van der Waals surface area contributed by atoms with E-state index >= 15 is 0 Å². The van der Waals surface area contributed by atoms with Gasteiger partial charge in [0.25, 0.3) is 5.91 Å². The number of amides is 3. The van der Waals surface area contributed by atoms with E-state index in [0.29, 0.717) is 17.1 Å². The van der Waals surface area contributed by atoms with E-state index in [-0.39, 0.29) is 24.6 Å². The highest BCUT2D eigenvalue weighted by molar-refractivity contribution is 7.11. The second-order valence-corrected chi connectivity index (χ2v) is 7.41. The Morgan fingerprint density at radius 3 is 2.85 bits per heavy atom. The van der Waals surface area contributed by atoms with Crippen LogP contribution < -0.4 is 20.3 Å². The first-order valence-electron chi connectivity index (χ1n) is 8.44. The summed E-state index contributed by atoms with van der Waals surface area (Å²) in [4.78, 5) is 31.3. The van der Waals surface area contributed by atoms with Gasteiger partial charge >= 0.3 is 6.03 Å². The molecule has 1 aromatic carbocycles. The second kappa shape index (κ2) is 7.33. The molecule has 2 N–H and O–H groups in total. The number of likely N-dealkylation sites (N-methyl/N-ethyl adjacent to an activating group) is 1. The summed E-state index contributed by atoms with van der Waals surface area (Å²) in [5.74, 6) is 0.471. The normalized spacial score (nSPS) is 14.5. The smallest absolute Gasteiger partial charge is 0.319 e. The number of hydrogen-bond donors (Lipinski definition) is 2. The molecule has 0 spiro atoms. The van der Waals surface area contributed by atoms with Crippen molar-refractivity contribution in [3.63, 3.8) is 0 Å². The molecule has 0 aliphatic carbocycles. The summed E-state index contributed by atoms with van der Waals surface area (Å²) in [5.41, 5.74) is 2.29. The molecular formula is C18H22N4O3S. The van der Waals surface area contributed by atoms with Crippen molar-refractivity contribution < 1.29 is 14.3 Å². The number of hydrogen-bond acceptors (Lipinski definition) is 5. The maximum Gasteiger partial charge on any atom is 0.319 e. The Labute approximate surface area is 156 Å². The van der Waals surface area contributed by atoms with Crippen LogP contribution in [0.2, 0.25) is 0 Å². The largest absolute Gasteiger partial charge is 0.481 e. The minimum atomic E-state index is -0.303. The number of aryl methyl sites for hydroxylation is 2. The van der Waals surface area contributed by atoms with Gasteiger partial charge in [0, 0.05) is 23.7 Å². The summed E-state index contributed by atoms with van der Waals surface area (Å²) in [6.45, 7) is 6.01. The van der Waals surface area contributed by atoms with Crippen molar-refractivity contribution in [1.29, 1.82) is 0 Å². The molecule has 0 radical (unpaired) electrons. The Kier molecular flexibility index (Phi) is 5.13. The number of benzene rings is 1. The highest BCUT2D eigenvalue weighted by atomic mass is 32.1. The van der Waals surface area contributed by atoms with Gasteiger partial charge in [0.15, 0.2) is 6.61 Å². The summed E-state index contributed by atoms with van der Waals surface area (Å²) in [6.07, 6.45) is 0.750. The zero-order valence-corrected chi connectivity index (χ0v) is 16.1. The van der Waals surface area contributed by atoms with Gasteiger partial charge < -0.3 is 20.3 Å². The summed E-state index contributed by atoms with van der Waals surface area (Å²) < 4.78 is 5.44. The lowest BCUT2D eigenvalue weighted by molar-refractivity contribution is -0.120. The fraction of sp³-hybridized carbons (Fsp3) is 0.389. The summed E-state index contributed by atoms with van der Waals surface area (Å²) in [6, 6.07) is 4.78. The van der Waals surface area contributed by atoms with E-state index in [4.69, 9.17) is 4.74 Å². The minimum absolute atomic E-state index is 0.000190.